The number of carbonyl (C=O) groups excluding carboxylic acids is 1. The van der Waals surface area contributed by atoms with Crippen LogP contribution < -0.4 is 10.1 Å². The summed E-state index contributed by atoms with van der Waals surface area (Å²) in [5.41, 5.74) is 0.606. The first kappa shape index (κ1) is 23.9. The summed E-state index contributed by atoms with van der Waals surface area (Å²) in [6, 6.07) is 3.62. The fourth-order valence-corrected chi connectivity index (χ4v) is 6.99. The summed E-state index contributed by atoms with van der Waals surface area (Å²) in [4.78, 5) is 15.2. The maximum absolute atomic E-state index is 12.7. The van der Waals surface area contributed by atoms with E-state index in [9.17, 15) is 9.90 Å². The fraction of sp³-hybridized carbons (Fsp3) is 0.640. The van der Waals surface area contributed by atoms with E-state index in [2.05, 4.69) is 17.1 Å². The molecule has 0 aromatic heterocycles. The topological polar surface area (TPSA) is 89.5 Å². The maximum atomic E-state index is 12.7. The largest absolute Gasteiger partial charge is 0.504 e. The summed E-state index contributed by atoms with van der Waals surface area (Å²) >= 11 is 6.68. The molecule has 0 aliphatic carbocycles. The van der Waals surface area contributed by atoms with Gasteiger partial charge in [-0.15, -0.1) is 0 Å². The van der Waals surface area contributed by atoms with Gasteiger partial charge in [0.1, 0.15) is 18.0 Å². The van der Waals surface area contributed by atoms with Crippen molar-refractivity contribution in [3.8, 4) is 5.75 Å². The number of hydrogen-bond acceptors (Lipinski definition) is 8. The molecule has 3 fully saturated rings. The fourth-order valence-electron chi connectivity index (χ4n) is 6.79. The van der Waals surface area contributed by atoms with Crippen LogP contribution in [0.3, 0.4) is 0 Å². The number of aliphatic hydroxyl groups is 1. The minimum absolute atomic E-state index is 0.0792. The van der Waals surface area contributed by atoms with E-state index in [0.29, 0.717) is 30.2 Å². The van der Waals surface area contributed by atoms with Crippen molar-refractivity contribution < 1.29 is 28.8 Å². The van der Waals surface area contributed by atoms with Crippen LogP contribution >= 0.6 is 11.6 Å². The average Bonchev–Trinajstić information content (AvgIpc) is 3.20. The second-order valence-electron chi connectivity index (χ2n) is 9.55. The van der Waals surface area contributed by atoms with Gasteiger partial charge < -0.3 is 29.4 Å². The van der Waals surface area contributed by atoms with Gasteiger partial charge >= 0.3 is 0 Å². The Kier molecular flexibility index (Phi) is 6.31. The number of fused-ring (bicyclic) bond motifs is 2. The predicted molar refractivity (Wildman–Crippen MR) is 127 cm³/mol. The van der Waals surface area contributed by atoms with Gasteiger partial charge in [-0.1, -0.05) is 24.9 Å². The highest BCUT2D eigenvalue weighted by atomic mass is 35.5. The Morgan fingerprint density at radius 1 is 1.35 bits per heavy atom. The van der Waals surface area contributed by atoms with E-state index in [1.54, 1.807) is 7.11 Å². The predicted octanol–water partition coefficient (Wildman–Crippen LogP) is 2.92. The van der Waals surface area contributed by atoms with Gasteiger partial charge in [0.15, 0.2) is 11.5 Å². The molecule has 0 radical (unpaired) electrons. The smallest absolute Gasteiger partial charge is 0.188 e. The van der Waals surface area contributed by atoms with Crippen LogP contribution in [0.2, 0.25) is 5.02 Å². The lowest BCUT2D eigenvalue weighted by molar-refractivity contribution is -0.297. The summed E-state index contributed by atoms with van der Waals surface area (Å²) in [5, 5.41) is 13.9. The molecular formula is C25H33ClN2O6. The summed E-state index contributed by atoms with van der Waals surface area (Å²) < 4.78 is 24.3. The van der Waals surface area contributed by atoms with Gasteiger partial charge in [0.25, 0.3) is 0 Å². The minimum Gasteiger partial charge on any atom is -0.504 e. The lowest BCUT2D eigenvalue weighted by atomic mass is 9.66. The quantitative estimate of drug-likeness (QED) is 0.463. The monoisotopic (exact) mass is 492 g/mol. The molecule has 4 aliphatic rings. The molecule has 5 rings (SSSR count). The Hall–Kier alpha value is -1.84. The zero-order valence-corrected chi connectivity index (χ0v) is 20.7. The van der Waals surface area contributed by atoms with E-state index < -0.39 is 17.9 Å². The Morgan fingerprint density at radius 2 is 2.15 bits per heavy atom. The molecule has 3 saturated heterocycles. The molecule has 0 saturated carbocycles. The zero-order valence-electron chi connectivity index (χ0n) is 19.9. The number of halogens is 1. The number of carbonyl (C=O) groups is 1. The van der Waals surface area contributed by atoms with Crippen molar-refractivity contribution in [1.29, 1.82) is 0 Å². The number of nitrogens with zero attached hydrogens (tertiary/aromatic N) is 1. The number of rotatable bonds is 6. The molecule has 186 valence electrons. The van der Waals surface area contributed by atoms with Gasteiger partial charge in [0.05, 0.1) is 56.0 Å². The van der Waals surface area contributed by atoms with Gasteiger partial charge in [-0.3, -0.25) is 9.69 Å². The van der Waals surface area contributed by atoms with Crippen molar-refractivity contribution in [2.75, 3.05) is 52.4 Å². The van der Waals surface area contributed by atoms with E-state index in [1.165, 1.54) is 13.4 Å². The highest BCUT2D eigenvalue weighted by Gasteiger charge is 2.70. The number of Topliss-reactive ketones (excluding diaryl/α,β-unsaturated/α-hetero) is 1. The van der Waals surface area contributed by atoms with Gasteiger partial charge in [-0.05, 0) is 36.8 Å². The molecule has 0 spiro atoms. The molecule has 8 nitrogen and oxygen atoms in total. The highest BCUT2D eigenvalue weighted by molar-refractivity contribution is 6.33. The number of methoxy groups -OCH3 is 2. The number of anilines is 1. The third-order valence-electron chi connectivity index (χ3n) is 8.22. The summed E-state index contributed by atoms with van der Waals surface area (Å²) in [5.74, 6) is 0.598. The van der Waals surface area contributed by atoms with E-state index >= 15 is 0 Å². The number of nitrogens with one attached hydrogen (secondary N) is 1. The van der Waals surface area contributed by atoms with Crippen LogP contribution in [-0.4, -0.2) is 74.7 Å². The lowest BCUT2D eigenvalue weighted by Crippen LogP contribution is -2.75. The summed E-state index contributed by atoms with van der Waals surface area (Å²) in [7, 11) is 3.19. The van der Waals surface area contributed by atoms with Crippen molar-refractivity contribution in [1.82, 2.24) is 4.90 Å². The number of ketones is 1. The molecule has 1 aromatic rings. The Bertz CT molecular complexity index is 1000. The van der Waals surface area contributed by atoms with Crippen LogP contribution in [0.1, 0.15) is 31.7 Å². The first-order valence-corrected chi connectivity index (χ1v) is 12.4. The van der Waals surface area contributed by atoms with Crippen LogP contribution in [0.4, 0.5) is 5.69 Å². The second kappa shape index (κ2) is 8.99. The van der Waals surface area contributed by atoms with Crippen LogP contribution in [0.25, 0.3) is 0 Å². The summed E-state index contributed by atoms with van der Waals surface area (Å²) in [6.45, 7) is 4.17. The van der Waals surface area contributed by atoms with Crippen LogP contribution in [0.5, 0.6) is 5.75 Å². The average molecular weight is 493 g/mol. The standard InChI is InChI=1S/C25H33ClN2O6/c1-4-15-12-28-8-7-24-22-20(32-3)6-5-18(26)23(22)27-25(24,34-10-9-33-24)21(28)11-16(15)17(14-31-2)19(30)13-29/h5-6,14-16,21,27,29H,4,7-13H2,1-3H3/b17-14+/t15-,16+,21+,24+,25+/m1/s1. The third kappa shape index (κ3) is 3.23. The first-order valence-electron chi connectivity index (χ1n) is 12.0. The number of hydrogen-bond donors (Lipinski definition) is 2. The first-order chi connectivity index (χ1) is 16.5. The number of piperidine rings is 2. The van der Waals surface area contributed by atoms with E-state index in [0.717, 1.165) is 42.9 Å². The molecule has 4 aliphatic heterocycles. The van der Waals surface area contributed by atoms with Gasteiger partial charge in [-0.2, -0.15) is 0 Å². The maximum Gasteiger partial charge on any atom is 0.188 e. The Balaban J connectivity index is 1.62. The van der Waals surface area contributed by atoms with Crippen LogP contribution in [0.15, 0.2) is 24.0 Å². The lowest BCUT2D eigenvalue weighted by Gasteiger charge is -2.61. The van der Waals surface area contributed by atoms with Crippen molar-refractivity contribution >= 4 is 23.1 Å². The highest BCUT2D eigenvalue weighted by Crippen LogP contribution is 2.62. The Morgan fingerprint density at radius 3 is 2.85 bits per heavy atom. The van der Waals surface area contributed by atoms with Crippen LogP contribution in [-0.2, 0) is 24.6 Å². The molecule has 0 amide bonds. The van der Waals surface area contributed by atoms with Crippen molar-refractivity contribution in [2.24, 2.45) is 11.8 Å². The molecule has 0 bridgehead atoms. The van der Waals surface area contributed by atoms with Crippen molar-refractivity contribution in [3.63, 3.8) is 0 Å². The van der Waals surface area contributed by atoms with E-state index in [4.69, 9.17) is 30.5 Å². The number of ether oxygens (including phenoxy) is 4. The molecule has 2 N–H and O–H groups in total. The molecule has 5 atom stereocenters. The minimum atomic E-state index is -0.873. The number of aliphatic hydroxyl groups excluding tert-OH is 1. The Labute approximate surface area is 205 Å². The van der Waals surface area contributed by atoms with Crippen molar-refractivity contribution in [3.05, 3.63) is 34.6 Å². The van der Waals surface area contributed by atoms with Crippen LogP contribution in [0, 0.1) is 11.8 Å². The number of benzene rings is 1. The molecule has 34 heavy (non-hydrogen) atoms. The molecular weight excluding hydrogens is 460 g/mol. The molecule has 4 heterocycles. The van der Waals surface area contributed by atoms with E-state index in [1.807, 2.05) is 12.1 Å². The summed E-state index contributed by atoms with van der Waals surface area (Å²) in [6.07, 6.45) is 3.81. The zero-order chi connectivity index (χ0) is 24.1. The SMILES string of the molecule is CC[C@@H]1CN2CC[C@@]34OCCO[C@@]3(Nc3c(Cl)ccc(OC)c34)[C@@H]2C[C@@H]1/C(=C\OC)C(=O)CO. The third-order valence-corrected chi connectivity index (χ3v) is 8.54. The molecule has 9 heteroatoms. The molecule has 1 aromatic carbocycles. The van der Waals surface area contributed by atoms with Gasteiger partial charge in [0, 0.05) is 18.7 Å². The molecule has 0 unspecified atom stereocenters. The van der Waals surface area contributed by atoms with Gasteiger partial charge in [-0.25, -0.2) is 0 Å². The van der Waals surface area contributed by atoms with Gasteiger partial charge in [0.2, 0.25) is 0 Å². The van der Waals surface area contributed by atoms with Crippen molar-refractivity contribution in [2.45, 2.75) is 43.6 Å². The normalized spacial score (nSPS) is 34.9. The van der Waals surface area contributed by atoms with E-state index in [-0.39, 0.29) is 23.7 Å². The second-order valence-corrected chi connectivity index (χ2v) is 9.95.